The number of benzene rings is 2. The molecule has 0 aliphatic rings. The predicted octanol–water partition coefficient (Wildman–Crippen LogP) is 4.32. The molecular formula is C27H34N4O3. The summed E-state index contributed by atoms with van der Waals surface area (Å²) in [6.45, 7) is 9.35. The summed E-state index contributed by atoms with van der Waals surface area (Å²) >= 11 is 0. The molecule has 0 radical (unpaired) electrons. The third kappa shape index (κ3) is 7.10. The van der Waals surface area contributed by atoms with Crippen LogP contribution >= 0.6 is 0 Å². The fraction of sp³-hybridized carbons (Fsp3) is 0.370. The topological polar surface area (TPSA) is 90.6 Å². The lowest BCUT2D eigenvalue weighted by atomic mass is 10.0. The Balaban J connectivity index is 1.81. The fourth-order valence-corrected chi connectivity index (χ4v) is 3.62. The molecule has 180 valence electrons. The maximum absolute atomic E-state index is 10.9. The molecule has 0 aliphatic heterocycles. The molecule has 0 aliphatic carbocycles. The van der Waals surface area contributed by atoms with E-state index in [9.17, 15) is 4.79 Å². The van der Waals surface area contributed by atoms with Crippen LogP contribution in [0.1, 0.15) is 27.7 Å². The van der Waals surface area contributed by atoms with Crippen LogP contribution < -0.4 is 10.6 Å². The molecule has 1 heterocycles. The second kappa shape index (κ2) is 11.7. The molecule has 0 bridgehead atoms. The lowest BCUT2D eigenvalue weighted by Crippen LogP contribution is -2.39. The van der Waals surface area contributed by atoms with E-state index in [0.717, 1.165) is 28.3 Å². The number of aromatic nitrogens is 2. The monoisotopic (exact) mass is 462 g/mol. The summed E-state index contributed by atoms with van der Waals surface area (Å²) in [7, 11) is 0. The van der Waals surface area contributed by atoms with Gasteiger partial charge in [0.15, 0.2) is 0 Å². The lowest BCUT2D eigenvalue weighted by molar-refractivity contribution is -0.126. The van der Waals surface area contributed by atoms with Gasteiger partial charge in [0.2, 0.25) is 5.91 Å². The molecule has 34 heavy (non-hydrogen) atoms. The van der Waals surface area contributed by atoms with Crippen LogP contribution in [0.5, 0.6) is 0 Å². The van der Waals surface area contributed by atoms with Gasteiger partial charge < -0.3 is 20.1 Å². The number of anilines is 1. The van der Waals surface area contributed by atoms with Crippen LogP contribution in [0.2, 0.25) is 0 Å². The van der Waals surface area contributed by atoms with Crippen molar-refractivity contribution in [3.05, 3.63) is 66.9 Å². The Bertz CT molecular complexity index is 1060. The van der Waals surface area contributed by atoms with Crippen LogP contribution in [-0.4, -0.2) is 53.9 Å². The van der Waals surface area contributed by atoms with Crippen molar-refractivity contribution < 1.29 is 14.3 Å². The van der Waals surface area contributed by atoms with Crippen molar-refractivity contribution in [2.75, 3.05) is 31.3 Å². The number of hydrogen-bond acceptors (Lipinski definition) is 6. The first-order valence-corrected chi connectivity index (χ1v) is 11.5. The summed E-state index contributed by atoms with van der Waals surface area (Å²) in [5, 5.41) is 0. The standard InChI is InChI=1S/C27H34N4O3/c1-20(2)31(15-16-34-27(3,4)19-33-18-23(28)32)24-17-29-25(21-11-7-5-8-12-21)26(30-24)22-13-9-6-10-14-22/h5-14,17,20H,15-16,18-19H2,1-4H3,(H2,28,32). The number of rotatable bonds is 12. The first kappa shape index (κ1) is 25.3. The van der Waals surface area contributed by atoms with Crippen LogP contribution in [-0.2, 0) is 14.3 Å². The smallest absolute Gasteiger partial charge is 0.243 e. The maximum Gasteiger partial charge on any atom is 0.243 e. The molecule has 0 saturated heterocycles. The van der Waals surface area contributed by atoms with Crippen molar-refractivity contribution >= 4 is 11.7 Å². The van der Waals surface area contributed by atoms with E-state index >= 15 is 0 Å². The highest BCUT2D eigenvalue weighted by atomic mass is 16.5. The van der Waals surface area contributed by atoms with Gasteiger partial charge in [0.05, 0.1) is 36.4 Å². The Labute approximate surface area is 201 Å². The zero-order valence-electron chi connectivity index (χ0n) is 20.4. The van der Waals surface area contributed by atoms with Crippen molar-refractivity contribution in [2.45, 2.75) is 39.3 Å². The van der Waals surface area contributed by atoms with Gasteiger partial charge in [-0.15, -0.1) is 0 Å². The van der Waals surface area contributed by atoms with Gasteiger partial charge in [0, 0.05) is 23.7 Å². The number of nitrogens with two attached hydrogens (primary N) is 1. The molecule has 0 saturated carbocycles. The van der Waals surface area contributed by atoms with Crippen LogP contribution in [0.3, 0.4) is 0 Å². The number of carbonyl (C=O) groups excluding carboxylic acids is 1. The SMILES string of the molecule is CC(C)N(CCOC(C)(C)COCC(N)=O)c1cnc(-c2ccccc2)c(-c2ccccc2)n1. The van der Waals surface area contributed by atoms with Crippen LogP contribution in [0, 0.1) is 0 Å². The predicted molar refractivity (Wildman–Crippen MR) is 135 cm³/mol. The van der Waals surface area contributed by atoms with Gasteiger partial charge in [-0.05, 0) is 27.7 Å². The first-order valence-electron chi connectivity index (χ1n) is 11.5. The summed E-state index contributed by atoms with van der Waals surface area (Å²) < 4.78 is 11.4. The minimum absolute atomic E-state index is 0.115. The normalized spacial score (nSPS) is 11.6. The van der Waals surface area contributed by atoms with Gasteiger partial charge in [0.1, 0.15) is 12.4 Å². The van der Waals surface area contributed by atoms with Gasteiger partial charge in [0.25, 0.3) is 0 Å². The van der Waals surface area contributed by atoms with Gasteiger partial charge in [-0.1, -0.05) is 60.7 Å². The molecule has 1 aromatic heterocycles. The zero-order chi connectivity index (χ0) is 24.6. The van der Waals surface area contributed by atoms with Crippen LogP contribution in [0.15, 0.2) is 66.9 Å². The van der Waals surface area contributed by atoms with E-state index in [1.165, 1.54) is 0 Å². The quantitative estimate of drug-likeness (QED) is 0.431. The van der Waals surface area contributed by atoms with Crippen molar-refractivity contribution in [3.8, 4) is 22.5 Å². The van der Waals surface area contributed by atoms with Crippen LogP contribution in [0.25, 0.3) is 22.5 Å². The Morgan fingerprint density at radius 2 is 1.59 bits per heavy atom. The molecule has 1 amide bonds. The third-order valence-electron chi connectivity index (χ3n) is 5.29. The molecule has 0 atom stereocenters. The zero-order valence-corrected chi connectivity index (χ0v) is 20.4. The second-order valence-corrected chi connectivity index (χ2v) is 9.01. The maximum atomic E-state index is 10.9. The Hall–Kier alpha value is -3.29. The molecule has 2 N–H and O–H groups in total. The van der Waals surface area contributed by atoms with Gasteiger partial charge in [-0.25, -0.2) is 4.98 Å². The highest BCUT2D eigenvalue weighted by Gasteiger charge is 2.22. The number of amides is 1. The Morgan fingerprint density at radius 1 is 1.00 bits per heavy atom. The Morgan fingerprint density at radius 3 is 2.15 bits per heavy atom. The second-order valence-electron chi connectivity index (χ2n) is 9.01. The minimum atomic E-state index is -0.545. The van der Waals surface area contributed by atoms with E-state index in [0.29, 0.717) is 13.2 Å². The number of primary amides is 1. The van der Waals surface area contributed by atoms with Gasteiger partial charge >= 0.3 is 0 Å². The van der Waals surface area contributed by atoms with Crippen molar-refractivity contribution in [1.29, 1.82) is 0 Å². The first-order chi connectivity index (χ1) is 16.3. The molecular weight excluding hydrogens is 428 g/mol. The molecule has 0 unspecified atom stereocenters. The van der Waals surface area contributed by atoms with Gasteiger partial charge in [-0.3, -0.25) is 9.78 Å². The van der Waals surface area contributed by atoms with E-state index in [1.807, 2.05) is 68.6 Å². The van der Waals surface area contributed by atoms with Gasteiger partial charge in [-0.2, -0.15) is 0 Å². The third-order valence-corrected chi connectivity index (χ3v) is 5.29. The molecule has 7 heteroatoms. The summed E-state index contributed by atoms with van der Waals surface area (Å²) in [5.74, 6) is 0.299. The minimum Gasteiger partial charge on any atom is -0.371 e. The van der Waals surface area contributed by atoms with Crippen LogP contribution in [0.4, 0.5) is 5.82 Å². The number of nitrogens with zero attached hydrogens (tertiary/aromatic N) is 3. The van der Waals surface area contributed by atoms with Crippen molar-refractivity contribution in [2.24, 2.45) is 5.73 Å². The average molecular weight is 463 g/mol. The van der Waals surface area contributed by atoms with E-state index in [4.69, 9.17) is 25.2 Å². The molecule has 0 spiro atoms. The van der Waals surface area contributed by atoms with E-state index < -0.39 is 11.5 Å². The van der Waals surface area contributed by atoms with Crippen molar-refractivity contribution in [3.63, 3.8) is 0 Å². The number of ether oxygens (including phenoxy) is 2. The summed E-state index contributed by atoms with van der Waals surface area (Å²) in [6.07, 6.45) is 1.83. The Kier molecular flexibility index (Phi) is 8.73. The lowest BCUT2D eigenvalue weighted by Gasteiger charge is -2.31. The number of hydrogen-bond donors (Lipinski definition) is 1. The number of carbonyl (C=O) groups is 1. The fourth-order valence-electron chi connectivity index (χ4n) is 3.62. The highest BCUT2D eigenvalue weighted by molar-refractivity contribution is 5.78. The highest BCUT2D eigenvalue weighted by Crippen LogP contribution is 2.30. The van der Waals surface area contributed by atoms with E-state index in [-0.39, 0.29) is 19.3 Å². The molecule has 2 aromatic carbocycles. The molecule has 3 aromatic rings. The van der Waals surface area contributed by atoms with E-state index in [1.54, 1.807) is 0 Å². The van der Waals surface area contributed by atoms with E-state index in [2.05, 4.69) is 30.9 Å². The molecule has 0 fully saturated rings. The largest absolute Gasteiger partial charge is 0.371 e. The average Bonchev–Trinajstić information content (AvgIpc) is 2.82. The van der Waals surface area contributed by atoms with Crippen molar-refractivity contribution in [1.82, 2.24) is 9.97 Å². The summed E-state index contributed by atoms with van der Waals surface area (Å²) in [4.78, 5) is 23.0. The molecule has 3 rings (SSSR count). The molecule has 7 nitrogen and oxygen atoms in total. The summed E-state index contributed by atoms with van der Waals surface area (Å²) in [5.41, 5.74) is 8.33. The summed E-state index contributed by atoms with van der Waals surface area (Å²) in [6, 6.07) is 20.4.